The molecule has 0 aliphatic rings. The topological polar surface area (TPSA) is 89.8 Å². The van der Waals surface area contributed by atoms with Crippen LogP contribution in [0.15, 0.2) is 23.7 Å². The zero-order chi connectivity index (χ0) is 12.3. The number of rotatable bonds is 4. The maximum atomic E-state index is 5.64. The Kier molecular flexibility index (Phi) is 3.43. The fourth-order valence-electron chi connectivity index (χ4n) is 1.41. The number of nitrogens with two attached hydrogens (primary N) is 2. The molecule has 5 nitrogen and oxygen atoms in total. The molecule has 6 heteroatoms. The van der Waals surface area contributed by atoms with Crippen molar-refractivity contribution in [2.75, 3.05) is 23.3 Å². The molecule has 2 rings (SSSR count). The summed E-state index contributed by atoms with van der Waals surface area (Å²) in [5.74, 6) is 1.44. The van der Waals surface area contributed by atoms with Crippen molar-refractivity contribution in [3.05, 3.63) is 28.7 Å². The van der Waals surface area contributed by atoms with Crippen LogP contribution in [0.5, 0.6) is 0 Å². The second kappa shape index (κ2) is 5.01. The molecule has 0 aliphatic carbocycles. The van der Waals surface area contributed by atoms with Crippen LogP contribution in [0.3, 0.4) is 0 Å². The van der Waals surface area contributed by atoms with Gasteiger partial charge >= 0.3 is 0 Å². The molecular weight excluding hydrogens is 234 g/mol. The van der Waals surface area contributed by atoms with Crippen LogP contribution in [0, 0.1) is 0 Å². The molecular formula is C11H15N5S. The Hall–Kier alpha value is -1.82. The standard InChI is InChI=1S/C11H15N5S/c1-7(11-14-4-5-17-11)6-15-9-3-2-8(12)10(13)16-9/h2-5,7H,6,12H2,1H3,(H3,13,15,16). The van der Waals surface area contributed by atoms with Gasteiger partial charge in [-0.3, -0.25) is 0 Å². The van der Waals surface area contributed by atoms with Crippen molar-refractivity contribution in [3.8, 4) is 0 Å². The number of hydrogen-bond acceptors (Lipinski definition) is 6. The first-order valence-electron chi connectivity index (χ1n) is 5.32. The summed E-state index contributed by atoms with van der Waals surface area (Å²) in [6.07, 6.45) is 1.82. The highest BCUT2D eigenvalue weighted by Crippen LogP contribution is 2.19. The van der Waals surface area contributed by atoms with E-state index in [4.69, 9.17) is 11.5 Å². The van der Waals surface area contributed by atoms with Crippen LogP contribution in [-0.2, 0) is 0 Å². The van der Waals surface area contributed by atoms with Crippen molar-refractivity contribution in [2.24, 2.45) is 0 Å². The van der Waals surface area contributed by atoms with Crippen LogP contribution in [0.1, 0.15) is 17.8 Å². The van der Waals surface area contributed by atoms with E-state index < -0.39 is 0 Å². The fraction of sp³-hybridized carbons (Fsp3) is 0.273. The maximum Gasteiger partial charge on any atom is 0.149 e. The summed E-state index contributed by atoms with van der Waals surface area (Å²) in [7, 11) is 0. The van der Waals surface area contributed by atoms with Gasteiger partial charge in [0.1, 0.15) is 11.6 Å². The van der Waals surface area contributed by atoms with Crippen LogP contribution >= 0.6 is 11.3 Å². The first-order valence-corrected chi connectivity index (χ1v) is 6.20. The molecule has 17 heavy (non-hydrogen) atoms. The number of aromatic nitrogens is 2. The van der Waals surface area contributed by atoms with Crippen molar-refractivity contribution in [1.29, 1.82) is 0 Å². The molecule has 0 fully saturated rings. The monoisotopic (exact) mass is 249 g/mol. The summed E-state index contributed by atoms with van der Waals surface area (Å²) in [5, 5.41) is 6.31. The molecule has 1 unspecified atom stereocenters. The Labute approximate surface area is 104 Å². The minimum absolute atomic E-state index is 0.343. The lowest BCUT2D eigenvalue weighted by atomic mass is 10.2. The van der Waals surface area contributed by atoms with Gasteiger partial charge in [0.25, 0.3) is 0 Å². The number of nitrogen functional groups attached to an aromatic ring is 2. The molecule has 2 heterocycles. The van der Waals surface area contributed by atoms with Crippen LogP contribution in [0.25, 0.3) is 0 Å². The number of nitrogens with one attached hydrogen (secondary N) is 1. The normalized spacial score (nSPS) is 12.3. The second-order valence-corrected chi connectivity index (χ2v) is 4.75. The Morgan fingerprint density at radius 3 is 2.88 bits per heavy atom. The molecule has 0 saturated heterocycles. The van der Waals surface area contributed by atoms with E-state index in [9.17, 15) is 0 Å². The molecule has 0 saturated carbocycles. The number of anilines is 3. The van der Waals surface area contributed by atoms with Gasteiger partial charge in [0.15, 0.2) is 0 Å². The van der Waals surface area contributed by atoms with Crippen LogP contribution in [0.2, 0.25) is 0 Å². The van der Waals surface area contributed by atoms with Gasteiger partial charge in [-0.1, -0.05) is 6.92 Å². The van der Waals surface area contributed by atoms with Gasteiger partial charge in [0.2, 0.25) is 0 Å². The summed E-state index contributed by atoms with van der Waals surface area (Å²) >= 11 is 1.66. The van der Waals surface area contributed by atoms with Crippen molar-refractivity contribution in [1.82, 2.24) is 9.97 Å². The summed E-state index contributed by atoms with van der Waals surface area (Å²) < 4.78 is 0. The highest BCUT2D eigenvalue weighted by Gasteiger charge is 2.08. The van der Waals surface area contributed by atoms with E-state index in [1.165, 1.54) is 0 Å². The number of thiazole rings is 1. The average molecular weight is 249 g/mol. The highest BCUT2D eigenvalue weighted by atomic mass is 32.1. The van der Waals surface area contributed by atoms with Gasteiger partial charge in [-0.15, -0.1) is 11.3 Å². The van der Waals surface area contributed by atoms with E-state index in [2.05, 4.69) is 22.2 Å². The maximum absolute atomic E-state index is 5.64. The highest BCUT2D eigenvalue weighted by molar-refractivity contribution is 7.09. The third kappa shape index (κ3) is 2.85. The first kappa shape index (κ1) is 11.7. The molecule has 0 bridgehead atoms. The number of nitrogens with zero attached hydrogens (tertiary/aromatic N) is 2. The lowest BCUT2D eigenvalue weighted by Crippen LogP contribution is -2.11. The third-order valence-electron chi connectivity index (χ3n) is 2.42. The Bertz CT molecular complexity index is 483. The Morgan fingerprint density at radius 2 is 2.24 bits per heavy atom. The van der Waals surface area contributed by atoms with Gasteiger partial charge in [-0.25, -0.2) is 9.97 Å². The van der Waals surface area contributed by atoms with E-state index in [-0.39, 0.29) is 0 Å². The molecule has 0 radical (unpaired) electrons. The van der Waals surface area contributed by atoms with Gasteiger partial charge in [0.05, 0.1) is 10.7 Å². The van der Waals surface area contributed by atoms with Gasteiger partial charge in [-0.05, 0) is 12.1 Å². The van der Waals surface area contributed by atoms with Crippen molar-refractivity contribution in [3.63, 3.8) is 0 Å². The third-order valence-corrected chi connectivity index (χ3v) is 3.43. The number of hydrogen-bond donors (Lipinski definition) is 3. The van der Waals surface area contributed by atoms with Gasteiger partial charge in [-0.2, -0.15) is 0 Å². The zero-order valence-corrected chi connectivity index (χ0v) is 10.4. The Balaban J connectivity index is 1.96. The zero-order valence-electron chi connectivity index (χ0n) is 9.55. The van der Waals surface area contributed by atoms with E-state index >= 15 is 0 Å². The van der Waals surface area contributed by atoms with Crippen molar-refractivity contribution in [2.45, 2.75) is 12.8 Å². The average Bonchev–Trinajstić information content (AvgIpc) is 2.84. The predicted octanol–water partition coefficient (Wildman–Crippen LogP) is 1.92. The van der Waals surface area contributed by atoms with E-state index in [1.54, 1.807) is 17.4 Å². The fourth-order valence-corrected chi connectivity index (χ4v) is 2.11. The number of pyridine rings is 1. The predicted molar refractivity (Wildman–Crippen MR) is 72.1 cm³/mol. The molecule has 0 spiro atoms. The summed E-state index contributed by atoms with van der Waals surface area (Å²) in [4.78, 5) is 8.42. The van der Waals surface area contributed by atoms with E-state index in [1.807, 2.05) is 17.6 Å². The SMILES string of the molecule is CC(CNc1ccc(N)c(N)n1)c1nccs1. The lowest BCUT2D eigenvalue weighted by Gasteiger charge is -2.11. The van der Waals surface area contributed by atoms with Gasteiger partial charge < -0.3 is 16.8 Å². The van der Waals surface area contributed by atoms with Crippen LogP contribution < -0.4 is 16.8 Å². The second-order valence-electron chi connectivity index (χ2n) is 3.82. The van der Waals surface area contributed by atoms with Crippen LogP contribution in [0.4, 0.5) is 17.3 Å². The van der Waals surface area contributed by atoms with Crippen LogP contribution in [-0.4, -0.2) is 16.5 Å². The summed E-state index contributed by atoms with van der Waals surface area (Å²) in [6.45, 7) is 2.89. The molecule has 5 N–H and O–H groups in total. The molecule has 90 valence electrons. The lowest BCUT2D eigenvalue weighted by molar-refractivity contribution is 0.792. The molecule has 0 aliphatic heterocycles. The minimum atomic E-state index is 0.343. The smallest absolute Gasteiger partial charge is 0.149 e. The Morgan fingerprint density at radius 1 is 1.41 bits per heavy atom. The summed E-state index contributed by atoms with van der Waals surface area (Å²) in [5.41, 5.74) is 11.7. The van der Waals surface area contributed by atoms with E-state index in [0.717, 1.165) is 17.4 Å². The first-order chi connectivity index (χ1) is 8.16. The van der Waals surface area contributed by atoms with Crippen molar-refractivity contribution < 1.29 is 0 Å². The molecule has 0 aromatic carbocycles. The molecule has 1 atom stereocenters. The largest absolute Gasteiger partial charge is 0.396 e. The summed E-state index contributed by atoms with van der Waals surface area (Å²) in [6, 6.07) is 3.57. The molecule has 2 aromatic rings. The quantitative estimate of drug-likeness (QED) is 0.770. The van der Waals surface area contributed by atoms with Crippen molar-refractivity contribution >= 4 is 28.7 Å². The van der Waals surface area contributed by atoms with E-state index in [0.29, 0.717) is 17.4 Å². The molecule has 2 aromatic heterocycles. The van der Waals surface area contributed by atoms with Gasteiger partial charge in [0, 0.05) is 24.0 Å². The minimum Gasteiger partial charge on any atom is -0.396 e. The molecule has 0 amide bonds.